The van der Waals surface area contributed by atoms with Gasteiger partial charge in [-0.25, -0.2) is 4.79 Å². The lowest BCUT2D eigenvalue weighted by Crippen LogP contribution is -2.25. The van der Waals surface area contributed by atoms with E-state index in [1.807, 2.05) is 44.2 Å². The van der Waals surface area contributed by atoms with Crippen LogP contribution in [-0.4, -0.2) is 30.7 Å². The Kier molecular flexibility index (Phi) is 5.18. The number of fused-ring (bicyclic) bond motifs is 2. The molecule has 0 bridgehead atoms. The van der Waals surface area contributed by atoms with Crippen molar-refractivity contribution in [2.75, 3.05) is 18.5 Å². The van der Waals surface area contributed by atoms with E-state index in [0.717, 1.165) is 36.9 Å². The fourth-order valence-corrected chi connectivity index (χ4v) is 3.87. The molecule has 29 heavy (non-hydrogen) atoms. The van der Waals surface area contributed by atoms with Crippen molar-refractivity contribution in [3.8, 4) is 11.5 Å². The van der Waals surface area contributed by atoms with Gasteiger partial charge in [-0.05, 0) is 62.4 Å². The van der Waals surface area contributed by atoms with Crippen LogP contribution < -0.4 is 14.8 Å². The van der Waals surface area contributed by atoms with Gasteiger partial charge in [0.05, 0.1) is 0 Å². The average molecular weight is 395 g/mol. The first-order chi connectivity index (χ1) is 13.9. The molecule has 1 heterocycles. The number of rotatable bonds is 6. The number of aryl methyl sites for hydroxylation is 2. The van der Waals surface area contributed by atoms with Crippen molar-refractivity contribution in [2.24, 2.45) is 0 Å². The van der Waals surface area contributed by atoms with Gasteiger partial charge in [0.25, 0.3) is 5.91 Å². The van der Waals surface area contributed by atoms with Gasteiger partial charge in [-0.1, -0.05) is 18.2 Å². The highest BCUT2D eigenvalue weighted by atomic mass is 16.6. The fourth-order valence-electron chi connectivity index (χ4n) is 3.87. The van der Waals surface area contributed by atoms with E-state index in [2.05, 4.69) is 5.32 Å². The number of benzene rings is 2. The normalized spacial score (nSPS) is 15.8. The van der Waals surface area contributed by atoms with Gasteiger partial charge in [0.15, 0.2) is 24.7 Å². The molecular weight excluding hydrogens is 370 g/mol. The number of para-hydroxylation sites is 1. The number of hydrogen-bond acceptors (Lipinski definition) is 5. The smallest absolute Gasteiger partial charge is 0.344 e. The van der Waals surface area contributed by atoms with Gasteiger partial charge in [-0.2, -0.15) is 0 Å². The number of amides is 1. The molecule has 1 aliphatic heterocycles. The summed E-state index contributed by atoms with van der Waals surface area (Å²) in [7, 11) is 0. The Morgan fingerprint density at radius 2 is 1.90 bits per heavy atom. The summed E-state index contributed by atoms with van der Waals surface area (Å²) in [5, 5.41) is 2.77. The van der Waals surface area contributed by atoms with Crippen LogP contribution in [0, 0.1) is 0 Å². The minimum atomic E-state index is -0.607. The number of carbonyl (C=O) groups is 2. The fraction of sp³-hybridized carbons (Fsp3) is 0.391. The van der Waals surface area contributed by atoms with Crippen LogP contribution in [0.1, 0.15) is 37.0 Å². The minimum Gasteiger partial charge on any atom is -0.483 e. The largest absolute Gasteiger partial charge is 0.483 e. The van der Waals surface area contributed by atoms with E-state index in [-0.39, 0.29) is 24.7 Å². The second-order valence-electron chi connectivity index (χ2n) is 8.12. The van der Waals surface area contributed by atoms with Gasteiger partial charge in [0.2, 0.25) is 0 Å². The third-order valence-corrected chi connectivity index (χ3v) is 5.15. The van der Waals surface area contributed by atoms with Crippen molar-refractivity contribution in [1.29, 1.82) is 0 Å². The van der Waals surface area contributed by atoms with Crippen LogP contribution >= 0.6 is 0 Å². The monoisotopic (exact) mass is 395 g/mol. The molecular formula is C23H25NO5. The van der Waals surface area contributed by atoms with Crippen molar-refractivity contribution < 1.29 is 23.8 Å². The van der Waals surface area contributed by atoms with Crippen LogP contribution in [0.15, 0.2) is 36.4 Å². The van der Waals surface area contributed by atoms with Crippen LogP contribution in [0.3, 0.4) is 0 Å². The van der Waals surface area contributed by atoms with Gasteiger partial charge < -0.3 is 19.5 Å². The highest BCUT2D eigenvalue weighted by Gasteiger charge is 2.32. The number of nitrogens with one attached hydrogen (secondary N) is 1. The minimum absolute atomic E-state index is 0.285. The van der Waals surface area contributed by atoms with E-state index in [4.69, 9.17) is 14.2 Å². The summed E-state index contributed by atoms with van der Waals surface area (Å²) in [6.45, 7) is 3.37. The average Bonchev–Trinajstić information content (AvgIpc) is 3.26. The first-order valence-electron chi connectivity index (χ1n) is 9.91. The SMILES string of the molecule is CC1(C)Cc2cccc(OCC(=O)OCC(=O)Nc3ccc4c(c3)CCC4)c2O1. The quantitative estimate of drug-likeness (QED) is 0.759. The molecule has 2 aromatic carbocycles. The molecule has 6 nitrogen and oxygen atoms in total. The van der Waals surface area contributed by atoms with Gasteiger partial charge >= 0.3 is 5.97 Å². The van der Waals surface area contributed by atoms with Crippen molar-refractivity contribution in [1.82, 2.24) is 0 Å². The molecule has 0 saturated carbocycles. The zero-order valence-corrected chi connectivity index (χ0v) is 16.7. The number of hydrogen-bond donors (Lipinski definition) is 1. The first-order valence-corrected chi connectivity index (χ1v) is 9.91. The first kappa shape index (κ1) is 19.3. The number of carbonyl (C=O) groups excluding carboxylic acids is 2. The standard InChI is InChI=1S/C23H25NO5/c1-23(2)12-17-7-4-8-19(22(17)29-23)27-14-21(26)28-13-20(25)24-18-10-9-15-5-3-6-16(15)11-18/h4,7-11H,3,5-6,12-14H2,1-2H3,(H,24,25). The lowest BCUT2D eigenvalue weighted by atomic mass is 10.0. The Balaban J connectivity index is 1.25. The topological polar surface area (TPSA) is 73.9 Å². The molecule has 152 valence electrons. The highest BCUT2D eigenvalue weighted by Crippen LogP contribution is 2.41. The van der Waals surface area contributed by atoms with Crippen LogP contribution in [0.5, 0.6) is 11.5 Å². The number of anilines is 1. The lowest BCUT2D eigenvalue weighted by molar-refractivity contribution is -0.149. The summed E-state index contributed by atoms with van der Waals surface area (Å²) < 4.78 is 16.5. The molecule has 6 heteroatoms. The molecule has 4 rings (SSSR count). The Bertz CT molecular complexity index is 950. The van der Waals surface area contributed by atoms with E-state index >= 15 is 0 Å². The molecule has 0 fully saturated rings. The van der Waals surface area contributed by atoms with Crippen molar-refractivity contribution >= 4 is 17.6 Å². The van der Waals surface area contributed by atoms with Crippen molar-refractivity contribution in [3.63, 3.8) is 0 Å². The summed E-state index contributed by atoms with van der Waals surface area (Å²) in [6.07, 6.45) is 4.06. The van der Waals surface area contributed by atoms with E-state index in [9.17, 15) is 9.59 Å². The van der Waals surface area contributed by atoms with E-state index in [1.165, 1.54) is 11.1 Å². The van der Waals surface area contributed by atoms with Gasteiger partial charge in [0, 0.05) is 17.7 Å². The molecule has 0 radical (unpaired) electrons. The highest BCUT2D eigenvalue weighted by molar-refractivity contribution is 5.93. The molecule has 1 amide bonds. The molecule has 0 atom stereocenters. The molecule has 0 unspecified atom stereocenters. The Hall–Kier alpha value is -3.02. The number of esters is 1. The Labute approximate surface area is 170 Å². The third kappa shape index (κ3) is 4.53. The zero-order chi connectivity index (χ0) is 20.4. The van der Waals surface area contributed by atoms with E-state index in [0.29, 0.717) is 11.5 Å². The van der Waals surface area contributed by atoms with Crippen LogP contribution in [0.2, 0.25) is 0 Å². The second-order valence-corrected chi connectivity index (χ2v) is 8.12. The third-order valence-electron chi connectivity index (χ3n) is 5.15. The van der Waals surface area contributed by atoms with Crippen molar-refractivity contribution in [3.05, 3.63) is 53.1 Å². The van der Waals surface area contributed by atoms with Crippen LogP contribution in [-0.2, 0) is 33.6 Å². The predicted molar refractivity (Wildman–Crippen MR) is 108 cm³/mol. The lowest BCUT2D eigenvalue weighted by Gasteiger charge is -2.18. The maximum Gasteiger partial charge on any atom is 0.344 e. The second kappa shape index (κ2) is 7.78. The predicted octanol–water partition coefficient (Wildman–Crippen LogP) is 3.45. The van der Waals surface area contributed by atoms with Crippen LogP contribution in [0.4, 0.5) is 5.69 Å². The molecule has 0 spiro atoms. The van der Waals surface area contributed by atoms with Gasteiger partial charge in [0.1, 0.15) is 5.60 Å². The summed E-state index contributed by atoms with van der Waals surface area (Å²) >= 11 is 0. The zero-order valence-electron chi connectivity index (χ0n) is 16.7. The molecule has 0 saturated heterocycles. The molecule has 2 aromatic rings. The summed E-state index contributed by atoms with van der Waals surface area (Å²) in [4.78, 5) is 24.1. The van der Waals surface area contributed by atoms with Crippen molar-refractivity contribution in [2.45, 2.75) is 45.1 Å². The van der Waals surface area contributed by atoms with Gasteiger partial charge in [-0.3, -0.25) is 4.79 Å². The Morgan fingerprint density at radius 3 is 2.76 bits per heavy atom. The van der Waals surface area contributed by atoms with E-state index < -0.39 is 5.97 Å². The van der Waals surface area contributed by atoms with Crippen LogP contribution in [0.25, 0.3) is 0 Å². The molecule has 1 N–H and O–H groups in total. The maximum atomic E-state index is 12.1. The summed E-state index contributed by atoms with van der Waals surface area (Å²) in [5.74, 6) is 0.193. The molecule has 1 aliphatic carbocycles. The molecule has 0 aromatic heterocycles. The maximum absolute atomic E-state index is 12.1. The van der Waals surface area contributed by atoms with Gasteiger partial charge in [-0.15, -0.1) is 0 Å². The van der Waals surface area contributed by atoms with E-state index in [1.54, 1.807) is 6.07 Å². The summed E-state index contributed by atoms with van der Waals surface area (Å²) in [5.41, 5.74) is 4.09. The number of ether oxygens (including phenoxy) is 3. The summed E-state index contributed by atoms with van der Waals surface area (Å²) in [6, 6.07) is 11.5. The Morgan fingerprint density at radius 1 is 1.07 bits per heavy atom. The molecule has 2 aliphatic rings.